The molecule has 0 bridgehead atoms. The lowest BCUT2D eigenvalue weighted by Gasteiger charge is -2.41. The Morgan fingerprint density at radius 1 is 0.692 bits per heavy atom. The van der Waals surface area contributed by atoms with E-state index >= 15 is 0 Å². The second-order valence-corrected chi connectivity index (χ2v) is 6.08. The quantitative estimate of drug-likeness (QED) is 0.504. The molecule has 1 saturated heterocycles. The van der Waals surface area contributed by atoms with Crippen LogP contribution in [0.1, 0.15) is 26.2 Å². The van der Waals surface area contributed by atoms with Gasteiger partial charge in [-0.3, -0.25) is 0 Å². The van der Waals surface area contributed by atoms with Crippen molar-refractivity contribution in [2.24, 2.45) is 0 Å². The van der Waals surface area contributed by atoms with Crippen molar-refractivity contribution in [3.8, 4) is 0 Å². The van der Waals surface area contributed by atoms with Crippen molar-refractivity contribution in [3.63, 3.8) is 0 Å². The van der Waals surface area contributed by atoms with Gasteiger partial charge in [-0.25, -0.2) is 0 Å². The van der Waals surface area contributed by atoms with Crippen molar-refractivity contribution in [2.45, 2.75) is 67.6 Å². The lowest BCUT2D eigenvalue weighted by Crippen LogP contribution is -2.70. The molecule has 1 unspecified atom stereocenters. The lowest BCUT2D eigenvalue weighted by molar-refractivity contribution is -0.441. The van der Waals surface area contributed by atoms with Gasteiger partial charge in [-0.2, -0.15) is 57.1 Å². The highest BCUT2D eigenvalue weighted by Crippen LogP contribution is 2.61. The standard InChI is InChI=1S/C12H11F13O/c1-6(3-2-4-26-6)5-7(13,14)8(15,16)9(17,18)10(19,20)11(21,22)12(23,24)25/h2-5H2,1H3. The molecule has 0 saturated carbocycles. The predicted octanol–water partition coefficient (Wildman–Crippen LogP) is 5.68. The van der Waals surface area contributed by atoms with Crippen LogP contribution in [-0.4, -0.2) is 48.0 Å². The van der Waals surface area contributed by atoms with Crippen molar-refractivity contribution in [3.05, 3.63) is 0 Å². The molecule has 0 radical (unpaired) electrons. The highest BCUT2D eigenvalue weighted by molar-refractivity contribution is 5.11. The van der Waals surface area contributed by atoms with Crippen LogP contribution < -0.4 is 0 Å². The maximum atomic E-state index is 13.6. The minimum absolute atomic E-state index is 0.0247. The van der Waals surface area contributed by atoms with Crippen LogP contribution in [-0.2, 0) is 4.74 Å². The van der Waals surface area contributed by atoms with Crippen LogP contribution in [0.3, 0.4) is 0 Å². The topological polar surface area (TPSA) is 9.23 Å². The van der Waals surface area contributed by atoms with Crippen LogP contribution in [0.15, 0.2) is 0 Å². The largest absolute Gasteiger partial charge is 0.460 e. The molecule has 1 nitrogen and oxygen atoms in total. The predicted molar refractivity (Wildman–Crippen MR) is 59.0 cm³/mol. The molecule has 0 spiro atoms. The molecular weight excluding hydrogens is 407 g/mol. The molecule has 1 fully saturated rings. The van der Waals surface area contributed by atoms with Crippen molar-refractivity contribution in [1.82, 2.24) is 0 Å². The van der Waals surface area contributed by atoms with Gasteiger partial charge in [0.2, 0.25) is 0 Å². The van der Waals surface area contributed by atoms with Gasteiger partial charge in [-0.15, -0.1) is 0 Å². The van der Waals surface area contributed by atoms with Crippen molar-refractivity contribution >= 4 is 0 Å². The maximum Gasteiger partial charge on any atom is 0.460 e. The van der Waals surface area contributed by atoms with E-state index in [2.05, 4.69) is 4.74 Å². The molecule has 0 aromatic rings. The third-order valence-corrected chi connectivity index (χ3v) is 3.89. The summed E-state index contributed by atoms with van der Waals surface area (Å²) in [7, 11) is 0. The fourth-order valence-electron chi connectivity index (χ4n) is 2.36. The first-order valence-corrected chi connectivity index (χ1v) is 6.76. The molecule has 0 amide bonds. The molecule has 14 heteroatoms. The highest BCUT2D eigenvalue weighted by atomic mass is 19.4. The van der Waals surface area contributed by atoms with E-state index in [1.807, 2.05) is 0 Å². The first kappa shape index (κ1) is 23.1. The van der Waals surface area contributed by atoms with Gasteiger partial charge >= 0.3 is 35.8 Å². The first-order valence-electron chi connectivity index (χ1n) is 6.76. The molecular formula is C12H11F13O. The summed E-state index contributed by atoms with van der Waals surface area (Å²) in [6.45, 7) is 0.501. The van der Waals surface area contributed by atoms with Gasteiger partial charge in [0.15, 0.2) is 0 Å². The summed E-state index contributed by atoms with van der Waals surface area (Å²) in [4.78, 5) is 0. The number of ether oxygens (including phenoxy) is 1. The molecule has 26 heavy (non-hydrogen) atoms. The monoisotopic (exact) mass is 418 g/mol. The Morgan fingerprint density at radius 3 is 1.46 bits per heavy atom. The number of hydrogen-bond acceptors (Lipinski definition) is 1. The lowest BCUT2D eigenvalue weighted by atomic mass is 9.86. The van der Waals surface area contributed by atoms with Crippen LogP contribution in [0.5, 0.6) is 0 Å². The zero-order valence-corrected chi connectivity index (χ0v) is 12.7. The van der Waals surface area contributed by atoms with E-state index < -0.39 is 47.8 Å². The Labute approximate surface area is 137 Å². The Balaban J connectivity index is 3.34. The number of alkyl halides is 13. The summed E-state index contributed by atoms with van der Waals surface area (Å²) in [5.41, 5.74) is -2.18. The van der Waals surface area contributed by atoms with E-state index in [-0.39, 0.29) is 19.4 Å². The fraction of sp³-hybridized carbons (Fsp3) is 1.00. The second-order valence-electron chi connectivity index (χ2n) is 6.08. The first-order chi connectivity index (χ1) is 11.2. The van der Waals surface area contributed by atoms with Crippen molar-refractivity contribution in [1.29, 1.82) is 0 Å². The van der Waals surface area contributed by atoms with Gasteiger partial charge in [0.05, 0.1) is 5.60 Å². The van der Waals surface area contributed by atoms with Crippen LogP contribution in [0, 0.1) is 0 Å². The van der Waals surface area contributed by atoms with E-state index in [0.717, 1.165) is 6.92 Å². The summed E-state index contributed by atoms with van der Waals surface area (Å²) in [5.74, 6) is -36.6. The number of halogens is 13. The average Bonchev–Trinajstić information content (AvgIpc) is 2.81. The van der Waals surface area contributed by atoms with Crippen LogP contribution in [0.4, 0.5) is 57.1 Å². The summed E-state index contributed by atoms with van der Waals surface area (Å²) in [6, 6.07) is 0. The molecule has 0 aromatic heterocycles. The smallest absolute Gasteiger partial charge is 0.375 e. The van der Waals surface area contributed by atoms with Crippen LogP contribution in [0.25, 0.3) is 0 Å². The van der Waals surface area contributed by atoms with E-state index in [0.29, 0.717) is 0 Å². The Hall–Kier alpha value is -0.950. The Bertz CT molecular complexity index is 516. The SMILES string of the molecule is CC1(CC(F)(F)C(F)(F)C(F)(F)C(F)(F)C(F)(F)C(F)(F)F)CCCO1. The van der Waals surface area contributed by atoms with Crippen molar-refractivity contribution < 1.29 is 61.8 Å². The van der Waals surface area contributed by atoms with Gasteiger partial charge in [-0.05, 0) is 19.8 Å². The van der Waals surface area contributed by atoms with E-state index in [4.69, 9.17) is 0 Å². The molecule has 0 aromatic carbocycles. The summed E-state index contributed by atoms with van der Waals surface area (Å²) in [5, 5.41) is 0. The molecule has 0 N–H and O–H groups in total. The van der Waals surface area contributed by atoms with Gasteiger partial charge in [0, 0.05) is 13.0 Å². The molecule has 156 valence electrons. The Kier molecular flexibility index (Phi) is 5.35. The van der Waals surface area contributed by atoms with Crippen LogP contribution in [0.2, 0.25) is 0 Å². The minimum atomic E-state index is -7.86. The zero-order valence-electron chi connectivity index (χ0n) is 12.7. The van der Waals surface area contributed by atoms with Crippen molar-refractivity contribution in [2.75, 3.05) is 6.61 Å². The molecule has 1 rings (SSSR count). The number of hydrogen-bond donors (Lipinski definition) is 0. The summed E-state index contributed by atoms with van der Waals surface area (Å²) in [6.07, 6.45) is -10.0. The fourth-order valence-corrected chi connectivity index (χ4v) is 2.36. The van der Waals surface area contributed by atoms with E-state index in [9.17, 15) is 57.1 Å². The van der Waals surface area contributed by atoms with Crippen LogP contribution >= 0.6 is 0 Å². The average molecular weight is 418 g/mol. The summed E-state index contributed by atoms with van der Waals surface area (Å²) < 4.78 is 173. The molecule has 1 aliphatic rings. The van der Waals surface area contributed by atoms with Gasteiger partial charge in [-0.1, -0.05) is 0 Å². The summed E-state index contributed by atoms with van der Waals surface area (Å²) >= 11 is 0. The zero-order chi connectivity index (χ0) is 21.0. The second kappa shape index (κ2) is 6.03. The maximum absolute atomic E-state index is 13.6. The third-order valence-electron chi connectivity index (χ3n) is 3.89. The molecule has 0 aliphatic carbocycles. The van der Waals surface area contributed by atoms with Gasteiger partial charge in [0.25, 0.3) is 0 Å². The highest BCUT2D eigenvalue weighted by Gasteiger charge is 2.90. The molecule has 1 atom stereocenters. The van der Waals surface area contributed by atoms with E-state index in [1.165, 1.54) is 0 Å². The van der Waals surface area contributed by atoms with E-state index in [1.54, 1.807) is 0 Å². The normalized spacial score (nSPS) is 24.2. The molecule has 1 aliphatic heterocycles. The van der Waals surface area contributed by atoms with Gasteiger partial charge < -0.3 is 4.74 Å². The third kappa shape index (κ3) is 3.21. The van der Waals surface area contributed by atoms with Gasteiger partial charge in [0.1, 0.15) is 0 Å². The Morgan fingerprint density at radius 2 is 1.12 bits per heavy atom. The minimum Gasteiger partial charge on any atom is -0.375 e. The molecule has 1 heterocycles. The number of rotatable bonds is 6.